The molecule has 2 rings (SSSR count). The van der Waals surface area contributed by atoms with Crippen molar-refractivity contribution in [3.05, 3.63) is 36.0 Å². The molecule has 0 amide bonds. The monoisotopic (exact) mass is 272 g/mol. The quantitative estimate of drug-likeness (QED) is 0.793. The Morgan fingerprint density at radius 2 is 2.08 bits per heavy atom. The fourth-order valence-electron chi connectivity index (χ4n) is 1.37. The van der Waals surface area contributed by atoms with Crippen molar-refractivity contribution in [1.29, 1.82) is 0 Å². The highest BCUT2D eigenvalue weighted by Crippen LogP contribution is 2.22. The Balaban J connectivity index is 2.82. The number of nitrogens with zero attached hydrogens (tertiary/aromatic N) is 1. The molecule has 0 spiro atoms. The number of hydrogen-bond donors (Lipinski definition) is 1. The number of rotatable bonds is 1. The molecule has 12 heavy (non-hydrogen) atoms. The van der Waals surface area contributed by atoms with Gasteiger partial charge in [0.25, 0.3) is 0 Å². The van der Waals surface area contributed by atoms with Crippen molar-refractivity contribution >= 4 is 33.8 Å². The third kappa shape index (κ3) is 1.13. The summed E-state index contributed by atoms with van der Waals surface area (Å²) in [5, 5.41) is 1.26. The smallest absolute Gasteiger partial charge is 0.0640 e. The molecule has 0 fully saturated rings. The van der Waals surface area contributed by atoms with Gasteiger partial charge in [-0.3, -0.25) is 2.78 Å². The Hall–Kier alpha value is -0.550. The number of hydrogen-bond acceptors (Lipinski definition) is 1. The summed E-state index contributed by atoms with van der Waals surface area (Å²) < 4.78 is 2.08. The molecule has 0 aliphatic rings. The van der Waals surface area contributed by atoms with Crippen LogP contribution in [0.3, 0.4) is 0 Å². The van der Waals surface area contributed by atoms with Crippen LogP contribution in [0.25, 0.3) is 10.9 Å². The first kappa shape index (κ1) is 8.07. The van der Waals surface area contributed by atoms with E-state index in [0.29, 0.717) is 6.54 Å². The molecule has 62 valence electrons. The lowest BCUT2D eigenvalue weighted by molar-refractivity contribution is 1.08. The van der Waals surface area contributed by atoms with Gasteiger partial charge >= 0.3 is 0 Å². The van der Waals surface area contributed by atoms with Crippen LogP contribution in [0, 0.1) is 0 Å². The fourth-order valence-corrected chi connectivity index (χ4v) is 2.13. The molecular weight excluding hydrogens is 263 g/mol. The molecule has 1 aromatic carbocycles. The van der Waals surface area contributed by atoms with Crippen molar-refractivity contribution in [3.63, 3.8) is 0 Å². The highest BCUT2D eigenvalue weighted by molar-refractivity contribution is 14.1. The molecular formula is C9H9IN2. The van der Waals surface area contributed by atoms with Gasteiger partial charge in [-0.15, -0.1) is 0 Å². The maximum atomic E-state index is 5.61. The summed E-state index contributed by atoms with van der Waals surface area (Å²) in [7, 11) is 0. The standard InChI is InChI=1S/C9H9IN2/c10-12-6-7(5-11)8-3-1-2-4-9(8)12/h1-4,6H,5,11H2. The first-order valence-corrected chi connectivity index (χ1v) is 4.74. The molecule has 0 saturated carbocycles. The number of aromatic nitrogens is 1. The Kier molecular flexibility index (Phi) is 2.06. The van der Waals surface area contributed by atoms with E-state index in [9.17, 15) is 0 Å². The van der Waals surface area contributed by atoms with E-state index in [1.165, 1.54) is 16.5 Å². The van der Waals surface area contributed by atoms with Gasteiger partial charge in [-0.05, 0) is 11.6 Å². The molecule has 0 radical (unpaired) electrons. The van der Waals surface area contributed by atoms with Crippen molar-refractivity contribution in [2.24, 2.45) is 5.73 Å². The van der Waals surface area contributed by atoms with Gasteiger partial charge in [0.05, 0.1) is 28.4 Å². The summed E-state index contributed by atoms with van der Waals surface area (Å²) >= 11 is 2.26. The fraction of sp³-hybridized carbons (Fsp3) is 0.111. The number of fused-ring (bicyclic) bond motifs is 1. The van der Waals surface area contributed by atoms with E-state index >= 15 is 0 Å². The molecule has 0 unspecified atom stereocenters. The maximum Gasteiger partial charge on any atom is 0.0640 e. The summed E-state index contributed by atoms with van der Waals surface area (Å²) in [6, 6.07) is 8.28. The van der Waals surface area contributed by atoms with E-state index in [4.69, 9.17) is 5.73 Å². The van der Waals surface area contributed by atoms with Gasteiger partial charge in [0.1, 0.15) is 0 Å². The molecule has 1 heterocycles. The molecule has 0 aliphatic carbocycles. The molecule has 0 bridgehead atoms. The predicted octanol–water partition coefficient (Wildman–Crippen LogP) is 2.30. The van der Waals surface area contributed by atoms with Gasteiger partial charge in [0.15, 0.2) is 0 Å². The van der Waals surface area contributed by atoms with E-state index in [1.54, 1.807) is 0 Å². The Morgan fingerprint density at radius 3 is 2.83 bits per heavy atom. The van der Waals surface area contributed by atoms with Crippen molar-refractivity contribution < 1.29 is 0 Å². The van der Waals surface area contributed by atoms with E-state index < -0.39 is 0 Å². The number of benzene rings is 1. The maximum absolute atomic E-state index is 5.61. The zero-order valence-corrected chi connectivity index (χ0v) is 8.65. The van der Waals surface area contributed by atoms with E-state index in [1.807, 2.05) is 12.1 Å². The summed E-state index contributed by atoms with van der Waals surface area (Å²) in [5.41, 5.74) is 8.06. The third-order valence-corrected chi connectivity index (χ3v) is 2.77. The lowest BCUT2D eigenvalue weighted by Gasteiger charge is -1.92. The number of nitrogens with two attached hydrogens (primary N) is 1. The first-order chi connectivity index (χ1) is 5.83. The second kappa shape index (κ2) is 3.06. The molecule has 0 saturated heterocycles. The molecule has 0 aliphatic heterocycles. The van der Waals surface area contributed by atoms with Crippen LogP contribution >= 0.6 is 22.9 Å². The average Bonchev–Trinajstić information content (AvgIpc) is 2.44. The zero-order chi connectivity index (χ0) is 8.55. The van der Waals surface area contributed by atoms with E-state index in [0.717, 1.165) is 0 Å². The normalized spacial score (nSPS) is 10.8. The molecule has 2 nitrogen and oxygen atoms in total. The van der Waals surface area contributed by atoms with Crippen molar-refractivity contribution in [2.75, 3.05) is 0 Å². The second-order valence-electron chi connectivity index (χ2n) is 2.69. The topological polar surface area (TPSA) is 30.9 Å². The lowest BCUT2D eigenvalue weighted by Crippen LogP contribution is -1.93. The molecule has 3 heteroatoms. The minimum atomic E-state index is 0.608. The zero-order valence-electron chi connectivity index (χ0n) is 6.50. The van der Waals surface area contributed by atoms with Gasteiger partial charge in [0, 0.05) is 18.1 Å². The summed E-state index contributed by atoms with van der Waals surface area (Å²) in [5.74, 6) is 0. The van der Waals surface area contributed by atoms with Crippen LogP contribution in [0.2, 0.25) is 0 Å². The average molecular weight is 272 g/mol. The minimum Gasteiger partial charge on any atom is -0.326 e. The summed E-state index contributed by atoms with van der Waals surface area (Å²) in [6.07, 6.45) is 2.07. The van der Waals surface area contributed by atoms with Gasteiger partial charge < -0.3 is 5.73 Å². The first-order valence-electron chi connectivity index (χ1n) is 3.78. The summed E-state index contributed by atoms with van der Waals surface area (Å²) in [4.78, 5) is 0. The number of halogens is 1. The van der Waals surface area contributed by atoms with Gasteiger partial charge in [-0.25, -0.2) is 0 Å². The van der Waals surface area contributed by atoms with Crippen LogP contribution in [0.1, 0.15) is 5.56 Å². The van der Waals surface area contributed by atoms with Crippen molar-refractivity contribution in [2.45, 2.75) is 6.54 Å². The van der Waals surface area contributed by atoms with Crippen molar-refractivity contribution in [1.82, 2.24) is 2.78 Å². The third-order valence-electron chi connectivity index (χ3n) is 1.97. The highest BCUT2D eigenvalue weighted by Gasteiger charge is 2.03. The minimum absolute atomic E-state index is 0.608. The largest absolute Gasteiger partial charge is 0.326 e. The lowest BCUT2D eigenvalue weighted by atomic mass is 10.2. The van der Waals surface area contributed by atoms with Gasteiger partial charge in [0.2, 0.25) is 0 Å². The van der Waals surface area contributed by atoms with Crippen LogP contribution in [-0.2, 0) is 6.54 Å². The van der Waals surface area contributed by atoms with Crippen LogP contribution < -0.4 is 5.73 Å². The van der Waals surface area contributed by atoms with Crippen LogP contribution in [0.5, 0.6) is 0 Å². The Morgan fingerprint density at radius 1 is 1.33 bits per heavy atom. The van der Waals surface area contributed by atoms with Crippen LogP contribution in [0.4, 0.5) is 0 Å². The highest BCUT2D eigenvalue weighted by atomic mass is 127. The van der Waals surface area contributed by atoms with E-state index in [2.05, 4.69) is 44.0 Å². The molecule has 2 N–H and O–H groups in total. The van der Waals surface area contributed by atoms with E-state index in [-0.39, 0.29) is 0 Å². The SMILES string of the molecule is NCc1cn(I)c2ccccc12. The Labute approximate surface area is 84.9 Å². The summed E-state index contributed by atoms with van der Waals surface area (Å²) in [6.45, 7) is 0.608. The van der Waals surface area contributed by atoms with Gasteiger partial charge in [-0.1, -0.05) is 18.2 Å². The van der Waals surface area contributed by atoms with Crippen molar-refractivity contribution in [3.8, 4) is 0 Å². The molecule has 1 aromatic heterocycles. The van der Waals surface area contributed by atoms with Crippen LogP contribution in [0.15, 0.2) is 30.5 Å². The predicted molar refractivity (Wildman–Crippen MR) is 59.2 cm³/mol. The van der Waals surface area contributed by atoms with Gasteiger partial charge in [-0.2, -0.15) is 0 Å². The van der Waals surface area contributed by atoms with Crippen LogP contribution in [-0.4, -0.2) is 2.78 Å². The molecule has 0 atom stereocenters. The second-order valence-corrected chi connectivity index (χ2v) is 3.73. The number of para-hydroxylation sites is 1. The molecule has 2 aromatic rings. The Bertz CT molecular complexity index is 406.